The van der Waals surface area contributed by atoms with E-state index in [-0.39, 0.29) is 12.1 Å². The van der Waals surface area contributed by atoms with E-state index < -0.39 is 0 Å². The highest BCUT2D eigenvalue weighted by atomic mass is 16.5. The summed E-state index contributed by atoms with van der Waals surface area (Å²) in [4.78, 5) is 0. The summed E-state index contributed by atoms with van der Waals surface area (Å²) >= 11 is 0. The fourth-order valence-corrected chi connectivity index (χ4v) is 1.95. The van der Waals surface area contributed by atoms with Gasteiger partial charge in [-0.1, -0.05) is 26.2 Å². The molecule has 0 aromatic heterocycles. The molecule has 1 aromatic rings. The number of rotatable bonds is 8. The van der Waals surface area contributed by atoms with Crippen molar-refractivity contribution in [3.05, 3.63) is 24.3 Å². The second-order valence-electron chi connectivity index (χ2n) is 4.72. The van der Waals surface area contributed by atoms with E-state index in [4.69, 9.17) is 4.74 Å². The van der Waals surface area contributed by atoms with Gasteiger partial charge in [0.25, 0.3) is 0 Å². The van der Waals surface area contributed by atoms with Crippen molar-refractivity contribution in [3.63, 3.8) is 0 Å². The molecular formula is C15H25NO2. The van der Waals surface area contributed by atoms with E-state index in [0.717, 1.165) is 24.3 Å². The number of aliphatic hydroxyl groups excluding tert-OH is 1. The van der Waals surface area contributed by atoms with Gasteiger partial charge in [0.05, 0.1) is 19.3 Å². The molecule has 0 spiro atoms. The monoisotopic (exact) mass is 251 g/mol. The third-order valence-corrected chi connectivity index (χ3v) is 3.14. The van der Waals surface area contributed by atoms with Gasteiger partial charge in [0.1, 0.15) is 5.75 Å². The van der Waals surface area contributed by atoms with Gasteiger partial charge in [-0.3, -0.25) is 0 Å². The average molecular weight is 251 g/mol. The zero-order valence-electron chi connectivity index (χ0n) is 11.6. The number of hydrogen-bond acceptors (Lipinski definition) is 3. The molecule has 0 heterocycles. The molecule has 2 N–H and O–H groups in total. The Morgan fingerprint density at radius 3 is 2.39 bits per heavy atom. The van der Waals surface area contributed by atoms with Gasteiger partial charge in [0, 0.05) is 5.69 Å². The minimum atomic E-state index is -0.344. The lowest BCUT2D eigenvalue weighted by atomic mass is 10.0. The molecule has 0 saturated heterocycles. The van der Waals surface area contributed by atoms with Gasteiger partial charge >= 0.3 is 0 Å². The van der Waals surface area contributed by atoms with Crippen LogP contribution in [0.4, 0.5) is 5.69 Å². The van der Waals surface area contributed by atoms with Crippen LogP contribution in [0.2, 0.25) is 0 Å². The van der Waals surface area contributed by atoms with Crippen molar-refractivity contribution in [1.82, 2.24) is 0 Å². The number of aliphatic hydroxyl groups is 1. The predicted octanol–water partition coefficient (Wildman–Crippen LogP) is 3.44. The summed E-state index contributed by atoms with van der Waals surface area (Å²) in [7, 11) is 1.66. The predicted molar refractivity (Wildman–Crippen MR) is 76.2 cm³/mol. The quantitative estimate of drug-likeness (QED) is 0.695. The van der Waals surface area contributed by atoms with E-state index in [1.54, 1.807) is 7.11 Å². The summed E-state index contributed by atoms with van der Waals surface area (Å²) in [5.74, 6) is 0.847. The van der Waals surface area contributed by atoms with E-state index in [1.165, 1.54) is 12.8 Å². The van der Waals surface area contributed by atoms with Crippen LogP contribution in [0.5, 0.6) is 5.75 Å². The molecule has 2 atom stereocenters. The summed E-state index contributed by atoms with van der Waals surface area (Å²) in [6.45, 7) is 4.03. The van der Waals surface area contributed by atoms with Gasteiger partial charge in [-0.05, 0) is 37.6 Å². The number of anilines is 1. The number of nitrogens with one attached hydrogen (secondary N) is 1. The van der Waals surface area contributed by atoms with Crippen LogP contribution in [0.15, 0.2) is 24.3 Å². The normalized spacial score (nSPS) is 14.0. The van der Waals surface area contributed by atoms with Crippen molar-refractivity contribution >= 4 is 5.69 Å². The second kappa shape index (κ2) is 7.98. The van der Waals surface area contributed by atoms with Gasteiger partial charge in [0.2, 0.25) is 0 Å². The van der Waals surface area contributed by atoms with Crippen LogP contribution in [0.3, 0.4) is 0 Å². The van der Waals surface area contributed by atoms with Crippen LogP contribution in [-0.2, 0) is 0 Å². The maximum atomic E-state index is 9.79. The molecule has 0 saturated carbocycles. The van der Waals surface area contributed by atoms with Gasteiger partial charge in [0.15, 0.2) is 0 Å². The van der Waals surface area contributed by atoms with Crippen molar-refractivity contribution in [2.45, 2.75) is 51.7 Å². The SMILES string of the molecule is CCCCC[C@H](Nc1ccc(OC)cc1)[C@H](C)O. The van der Waals surface area contributed by atoms with Crippen LogP contribution < -0.4 is 10.1 Å². The van der Waals surface area contributed by atoms with Crippen molar-refractivity contribution in [1.29, 1.82) is 0 Å². The largest absolute Gasteiger partial charge is 0.497 e. The summed E-state index contributed by atoms with van der Waals surface area (Å²) in [5.41, 5.74) is 1.03. The molecule has 18 heavy (non-hydrogen) atoms. The number of benzene rings is 1. The first kappa shape index (κ1) is 14.8. The Hall–Kier alpha value is -1.22. The lowest BCUT2D eigenvalue weighted by molar-refractivity contribution is 0.166. The van der Waals surface area contributed by atoms with Crippen molar-refractivity contribution in [2.75, 3.05) is 12.4 Å². The highest BCUT2D eigenvalue weighted by Crippen LogP contribution is 2.18. The molecule has 1 aromatic carbocycles. The summed E-state index contributed by atoms with van der Waals surface area (Å²) in [6, 6.07) is 7.92. The second-order valence-corrected chi connectivity index (χ2v) is 4.72. The van der Waals surface area contributed by atoms with E-state index in [0.29, 0.717) is 0 Å². The Bertz CT molecular complexity index is 322. The van der Waals surface area contributed by atoms with Crippen molar-refractivity contribution in [3.8, 4) is 5.75 Å². The van der Waals surface area contributed by atoms with Crippen molar-refractivity contribution in [2.24, 2.45) is 0 Å². The van der Waals surface area contributed by atoms with Gasteiger partial charge in [-0.15, -0.1) is 0 Å². The minimum absolute atomic E-state index is 0.116. The third kappa shape index (κ3) is 4.96. The lowest BCUT2D eigenvalue weighted by Gasteiger charge is -2.22. The first-order chi connectivity index (χ1) is 8.67. The molecular weight excluding hydrogens is 226 g/mol. The first-order valence-corrected chi connectivity index (χ1v) is 6.76. The molecule has 0 unspecified atom stereocenters. The zero-order chi connectivity index (χ0) is 13.4. The number of hydrogen-bond donors (Lipinski definition) is 2. The fourth-order valence-electron chi connectivity index (χ4n) is 1.95. The van der Waals surface area contributed by atoms with E-state index in [1.807, 2.05) is 31.2 Å². The van der Waals surface area contributed by atoms with Crippen LogP contribution in [-0.4, -0.2) is 24.4 Å². The van der Waals surface area contributed by atoms with Crippen LogP contribution in [0.25, 0.3) is 0 Å². The van der Waals surface area contributed by atoms with Crippen LogP contribution >= 0.6 is 0 Å². The van der Waals surface area contributed by atoms with E-state index >= 15 is 0 Å². The fraction of sp³-hybridized carbons (Fsp3) is 0.600. The summed E-state index contributed by atoms with van der Waals surface area (Å²) in [5, 5.41) is 13.2. The molecule has 0 fully saturated rings. The summed E-state index contributed by atoms with van der Waals surface area (Å²) in [6.07, 6.45) is 4.22. The highest BCUT2D eigenvalue weighted by molar-refractivity contribution is 5.47. The first-order valence-electron chi connectivity index (χ1n) is 6.76. The highest BCUT2D eigenvalue weighted by Gasteiger charge is 2.14. The molecule has 3 heteroatoms. The number of unbranched alkanes of at least 4 members (excludes halogenated alkanes) is 2. The minimum Gasteiger partial charge on any atom is -0.497 e. The van der Waals surface area contributed by atoms with E-state index in [2.05, 4.69) is 12.2 Å². The Labute approximate surface area is 110 Å². The van der Waals surface area contributed by atoms with Gasteiger partial charge in [-0.2, -0.15) is 0 Å². The molecule has 0 amide bonds. The van der Waals surface area contributed by atoms with Crippen LogP contribution in [0.1, 0.15) is 39.5 Å². The number of methoxy groups -OCH3 is 1. The van der Waals surface area contributed by atoms with Gasteiger partial charge < -0.3 is 15.2 Å². The number of ether oxygens (including phenoxy) is 1. The molecule has 3 nitrogen and oxygen atoms in total. The third-order valence-electron chi connectivity index (χ3n) is 3.14. The van der Waals surface area contributed by atoms with E-state index in [9.17, 15) is 5.11 Å². The topological polar surface area (TPSA) is 41.5 Å². The molecule has 1 rings (SSSR count). The smallest absolute Gasteiger partial charge is 0.119 e. The van der Waals surface area contributed by atoms with Gasteiger partial charge in [-0.25, -0.2) is 0 Å². The molecule has 0 aliphatic heterocycles. The Balaban J connectivity index is 2.53. The van der Waals surface area contributed by atoms with Crippen molar-refractivity contribution < 1.29 is 9.84 Å². The maximum absolute atomic E-state index is 9.79. The molecule has 0 radical (unpaired) electrons. The average Bonchev–Trinajstić information content (AvgIpc) is 2.38. The molecule has 102 valence electrons. The molecule has 0 aliphatic rings. The standard InChI is InChI=1S/C15H25NO2/c1-4-5-6-7-15(12(2)17)16-13-8-10-14(18-3)11-9-13/h8-12,15-17H,4-7H2,1-3H3/t12-,15-/m0/s1. The summed E-state index contributed by atoms with van der Waals surface area (Å²) < 4.78 is 5.12. The Kier molecular flexibility index (Phi) is 6.58. The lowest BCUT2D eigenvalue weighted by Crippen LogP contribution is -2.31. The molecule has 0 bridgehead atoms. The maximum Gasteiger partial charge on any atom is 0.119 e. The van der Waals surface area contributed by atoms with Crippen LogP contribution in [0, 0.1) is 0 Å². The Morgan fingerprint density at radius 2 is 1.89 bits per heavy atom. The zero-order valence-corrected chi connectivity index (χ0v) is 11.6. The molecule has 0 aliphatic carbocycles. The Morgan fingerprint density at radius 1 is 1.22 bits per heavy atom.